The third-order valence-corrected chi connectivity index (χ3v) is 12.7. The van der Waals surface area contributed by atoms with Crippen molar-refractivity contribution in [2.75, 3.05) is 0 Å². The molecule has 0 aromatic rings. The summed E-state index contributed by atoms with van der Waals surface area (Å²) in [4.78, 5) is 7.51. The van der Waals surface area contributed by atoms with E-state index in [9.17, 15) is 0 Å². The van der Waals surface area contributed by atoms with Crippen LogP contribution in [0.3, 0.4) is 0 Å². The van der Waals surface area contributed by atoms with E-state index >= 15 is 0 Å². The minimum absolute atomic E-state index is 0.293. The van der Waals surface area contributed by atoms with E-state index < -0.39 is 18.4 Å². The van der Waals surface area contributed by atoms with Crippen molar-refractivity contribution in [2.45, 2.75) is 53.1 Å². The Morgan fingerprint density at radius 1 is 1.12 bits per heavy atom. The number of fused-ring (bicyclic) bond motifs is 5. The molecule has 2 fully saturated rings. The number of rotatable bonds is 1. The van der Waals surface area contributed by atoms with Crippen molar-refractivity contribution in [1.82, 2.24) is 0 Å². The Bertz CT molecular complexity index is 397. The van der Waals surface area contributed by atoms with Crippen LogP contribution in [0.5, 0.6) is 0 Å². The zero-order chi connectivity index (χ0) is 12.6. The summed E-state index contributed by atoms with van der Waals surface area (Å²) < 4.78 is 15.4. The summed E-state index contributed by atoms with van der Waals surface area (Å²) in [5.74, 6) is 0.817. The molecule has 0 aromatic heterocycles. The number of hydrogen-bond acceptors (Lipinski definition) is 2. The van der Waals surface area contributed by atoms with E-state index in [1.165, 1.54) is 10.9 Å². The monoisotopic (exact) mass is 408 g/mol. The average Bonchev–Trinajstić information content (AvgIpc) is 2.68. The van der Waals surface area contributed by atoms with Crippen LogP contribution in [0.15, 0.2) is 8.07 Å². The van der Waals surface area contributed by atoms with E-state index in [2.05, 4.69) is 30.7 Å². The molecule has 1 aliphatic heterocycles. The molecule has 0 aromatic carbocycles. The minimum atomic E-state index is -2.00. The Morgan fingerprint density at radius 2 is 1.65 bits per heavy atom. The molecule has 4 heteroatoms. The van der Waals surface area contributed by atoms with Crippen LogP contribution in [-0.4, -0.2) is 36.4 Å². The quantitative estimate of drug-likeness (QED) is 0.617. The second kappa shape index (κ2) is 3.74. The van der Waals surface area contributed by atoms with Crippen molar-refractivity contribution >= 4 is 34.3 Å². The van der Waals surface area contributed by atoms with E-state index in [0.717, 1.165) is 0 Å². The summed E-state index contributed by atoms with van der Waals surface area (Å²) >= 11 is 1.86. The Kier molecular flexibility index (Phi) is 2.85. The van der Waals surface area contributed by atoms with E-state index in [-0.39, 0.29) is 5.79 Å². The third-order valence-electron chi connectivity index (χ3n) is 4.23. The molecule has 0 spiro atoms. The molecule has 1 saturated carbocycles. The number of hydrogen-bond donors (Lipinski definition) is 0. The van der Waals surface area contributed by atoms with Gasteiger partial charge in [0.05, 0.1) is 0 Å². The second-order valence-electron chi connectivity index (χ2n) is 7.03. The fourth-order valence-corrected chi connectivity index (χ4v) is 15.1. The Labute approximate surface area is 116 Å². The van der Waals surface area contributed by atoms with Gasteiger partial charge in [-0.05, 0) is 0 Å². The van der Waals surface area contributed by atoms with Gasteiger partial charge in [0.25, 0.3) is 0 Å². The molecule has 2 bridgehead atoms. The first-order valence-corrected chi connectivity index (χ1v) is 17.2. The summed E-state index contributed by atoms with van der Waals surface area (Å²) in [7, 11) is 0. The molecule has 3 rings (SSSR count). The zero-order valence-corrected chi connectivity index (χ0v) is 15.7. The number of ether oxygens (including phenoxy) is 2. The molecule has 0 radical (unpaired) electrons. The molecule has 2 nitrogen and oxygen atoms in total. The van der Waals surface area contributed by atoms with E-state index in [0.29, 0.717) is 24.0 Å². The van der Waals surface area contributed by atoms with Gasteiger partial charge in [0.15, 0.2) is 0 Å². The molecule has 0 amide bonds. The van der Waals surface area contributed by atoms with Crippen LogP contribution >= 0.6 is 15.9 Å². The van der Waals surface area contributed by atoms with Gasteiger partial charge in [0, 0.05) is 0 Å². The van der Waals surface area contributed by atoms with Crippen LogP contribution in [0.25, 0.3) is 0 Å². The standard InChI is InChI=1S/C10H12BrO2.3CH3.Sn/c1-10(2)12-8-5-3-6(7(11)4-5)9(8)13-10;;;;/h5-6,8-9H,3H2,1-2H3;3*1H3;/t5-,6+,8-,9+;;;;/m0..../s1. The SMILES string of the molecule is CC1(C)O[C@@H]2[C@H](O1)[C@@H]1C[C@H]2[C]([Sn]([CH3])([CH3])[CH3])=C1Br. The molecule has 17 heavy (non-hydrogen) atoms. The Morgan fingerprint density at radius 3 is 2.18 bits per heavy atom. The summed E-state index contributed by atoms with van der Waals surface area (Å²) in [6.07, 6.45) is 1.86. The maximum absolute atomic E-state index is 6.14. The maximum atomic E-state index is 6.14. The van der Waals surface area contributed by atoms with Crippen molar-refractivity contribution in [3.8, 4) is 0 Å². The molecule has 1 saturated heterocycles. The predicted molar refractivity (Wildman–Crippen MR) is 74.7 cm³/mol. The molecule has 0 unspecified atom stereocenters. The molecule has 1 heterocycles. The Hall–Kier alpha value is 0.939. The van der Waals surface area contributed by atoms with Crippen LogP contribution in [0.4, 0.5) is 0 Å². The van der Waals surface area contributed by atoms with Crippen LogP contribution < -0.4 is 0 Å². The van der Waals surface area contributed by atoms with Gasteiger partial charge in [0.1, 0.15) is 0 Å². The van der Waals surface area contributed by atoms with Crippen molar-refractivity contribution in [1.29, 1.82) is 0 Å². The van der Waals surface area contributed by atoms with Gasteiger partial charge in [0.2, 0.25) is 0 Å². The van der Waals surface area contributed by atoms with Gasteiger partial charge in [-0.3, -0.25) is 0 Å². The molecule has 2 aliphatic carbocycles. The summed E-state index contributed by atoms with van der Waals surface area (Å²) in [6.45, 7) is 4.08. The van der Waals surface area contributed by atoms with Crippen LogP contribution in [-0.2, 0) is 9.47 Å². The first kappa shape index (κ1) is 12.9. The topological polar surface area (TPSA) is 18.5 Å². The van der Waals surface area contributed by atoms with E-state index in [1.54, 1.807) is 3.59 Å². The number of halogens is 1. The van der Waals surface area contributed by atoms with Gasteiger partial charge in [-0.2, -0.15) is 0 Å². The van der Waals surface area contributed by atoms with E-state index in [4.69, 9.17) is 9.47 Å². The Balaban J connectivity index is 1.97. The van der Waals surface area contributed by atoms with Crippen LogP contribution in [0.1, 0.15) is 20.3 Å². The van der Waals surface area contributed by atoms with Crippen LogP contribution in [0.2, 0.25) is 14.8 Å². The molecule has 0 N–H and O–H groups in total. The second-order valence-corrected chi connectivity index (χ2v) is 22.3. The van der Waals surface area contributed by atoms with Gasteiger partial charge < -0.3 is 0 Å². The normalized spacial score (nSPS) is 43.4. The van der Waals surface area contributed by atoms with Crippen molar-refractivity contribution in [2.24, 2.45) is 11.8 Å². The summed E-state index contributed by atoms with van der Waals surface area (Å²) in [5.41, 5.74) is 0. The molecular formula is C13H21BrO2Sn. The van der Waals surface area contributed by atoms with Crippen molar-refractivity contribution < 1.29 is 9.47 Å². The van der Waals surface area contributed by atoms with Gasteiger partial charge >= 0.3 is 117 Å². The van der Waals surface area contributed by atoms with Gasteiger partial charge in [-0.15, -0.1) is 0 Å². The van der Waals surface area contributed by atoms with E-state index in [1.807, 2.05) is 13.8 Å². The van der Waals surface area contributed by atoms with Crippen LogP contribution in [0, 0.1) is 11.8 Å². The molecular weight excluding hydrogens is 387 g/mol. The molecule has 4 atom stereocenters. The fraction of sp³-hybridized carbons (Fsp3) is 0.846. The van der Waals surface area contributed by atoms with Crippen molar-refractivity contribution in [3.63, 3.8) is 0 Å². The summed E-state index contributed by atoms with van der Waals surface area (Å²) in [5, 5.41) is 0. The fourth-order valence-electron chi connectivity index (χ4n) is 3.80. The first-order chi connectivity index (χ1) is 7.71. The van der Waals surface area contributed by atoms with Crippen molar-refractivity contribution in [3.05, 3.63) is 8.07 Å². The van der Waals surface area contributed by atoms with Gasteiger partial charge in [-0.1, -0.05) is 0 Å². The first-order valence-electron chi connectivity index (χ1n) is 6.46. The summed E-state index contributed by atoms with van der Waals surface area (Å²) in [6, 6.07) is 0. The molecule has 3 aliphatic rings. The molecule has 96 valence electrons. The predicted octanol–water partition coefficient (Wildman–Crippen LogP) is 3.68. The van der Waals surface area contributed by atoms with Gasteiger partial charge in [-0.25, -0.2) is 0 Å². The average molecular weight is 408 g/mol. The third kappa shape index (κ3) is 1.87. The zero-order valence-electron chi connectivity index (χ0n) is 11.2.